The molecule has 1 amide bonds. The molecule has 5 heteroatoms. The Hall–Kier alpha value is -2.82. The van der Waals surface area contributed by atoms with E-state index in [0.717, 1.165) is 22.4 Å². The Labute approximate surface area is 154 Å². The van der Waals surface area contributed by atoms with Crippen molar-refractivity contribution in [1.82, 2.24) is 0 Å². The first kappa shape index (κ1) is 19.5. The van der Waals surface area contributed by atoms with Gasteiger partial charge in [0.05, 0.1) is 6.42 Å². The standard InChI is InChI=1S/C21H25NO4/c1-5-21(4,20(24)25)26-18-8-6-16(7-9-18)13-19(23)22-17-11-14(2)10-15(3)12-17/h6-12H,5,13H2,1-4H3,(H,22,23)(H,24,25)/t21-/m0/s1. The number of hydrogen-bond donors (Lipinski definition) is 2. The topological polar surface area (TPSA) is 75.6 Å². The molecule has 138 valence electrons. The fourth-order valence-electron chi connectivity index (χ4n) is 2.64. The molecule has 0 aromatic heterocycles. The van der Waals surface area contributed by atoms with Gasteiger partial charge in [-0.05, 0) is 68.1 Å². The van der Waals surface area contributed by atoms with Gasteiger partial charge in [-0.15, -0.1) is 0 Å². The van der Waals surface area contributed by atoms with Crippen molar-refractivity contribution < 1.29 is 19.4 Å². The van der Waals surface area contributed by atoms with Crippen LogP contribution >= 0.6 is 0 Å². The number of aliphatic carboxylic acids is 1. The largest absolute Gasteiger partial charge is 0.478 e. The summed E-state index contributed by atoms with van der Waals surface area (Å²) in [6, 6.07) is 12.8. The molecule has 0 radical (unpaired) electrons. The van der Waals surface area contributed by atoms with Crippen LogP contribution in [0.15, 0.2) is 42.5 Å². The SMILES string of the molecule is CC[C@](C)(Oc1ccc(CC(=O)Nc2cc(C)cc(C)c2)cc1)C(=O)O. The Kier molecular flexibility index (Phi) is 6.03. The molecule has 0 heterocycles. The van der Waals surface area contributed by atoms with Crippen molar-refractivity contribution in [3.8, 4) is 5.75 Å². The van der Waals surface area contributed by atoms with Gasteiger partial charge in [0.15, 0.2) is 0 Å². The van der Waals surface area contributed by atoms with Gasteiger partial charge in [-0.25, -0.2) is 4.79 Å². The molecule has 0 bridgehead atoms. The van der Waals surface area contributed by atoms with Crippen LogP contribution in [-0.4, -0.2) is 22.6 Å². The van der Waals surface area contributed by atoms with Crippen molar-refractivity contribution in [2.45, 2.75) is 46.1 Å². The van der Waals surface area contributed by atoms with E-state index in [1.807, 2.05) is 26.0 Å². The number of carbonyl (C=O) groups excluding carboxylic acids is 1. The number of rotatable bonds is 7. The highest BCUT2D eigenvalue weighted by atomic mass is 16.5. The highest BCUT2D eigenvalue weighted by Crippen LogP contribution is 2.22. The van der Waals surface area contributed by atoms with E-state index >= 15 is 0 Å². The van der Waals surface area contributed by atoms with Crippen LogP contribution in [0.2, 0.25) is 0 Å². The van der Waals surface area contributed by atoms with Crippen molar-refractivity contribution in [2.75, 3.05) is 5.32 Å². The van der Waals surface area contributed by atoms with Gasteiger partial charge in [-0.2, -0.15) is 0 Å². The van der Waals surface area contributed by atoms with Crippen LogP contribution in [0, 0.1) is 13.8 Å². The second-order valence-electron chi connectivity index (χ2n) is 6.74. The van der Waals surface area contributed by atoms with Crippen LogP contribution in [-0.2, 0) is 16.0 Å². The molecule has 0 saturated heterocycles. The molecule has 2 aromatic carbocycles. The minimum Gasteiger partial charge on any atom is -0.478 e. The molecule has 0 aliphatic carbocycles. The van der Waals surface area contributed by atoms with Crippen LogP contribution in [0.1, 0.15) is 37.0 Å². The van der Waals surface area contributed by atoms with E-state index in [4.69, 9.17) is 4.74 Å². The minimum atomic E-state index is -1.26. The molecule has 0 spiro atoms. The first-order chi connectivity index (χ1) is 12.2. The van der Waals surface area contributed by atoms with Gasteiger partial charge in [0, 0.05) is 5.69 Å². The quantitative estimate of drug-likeness (QED) is 0.783. The summed E-state index contributed by atoms with van der Waals surface area (Å²) in [6.07, 6.45) is 0.583. The number of nitrogens with one attached hydrogen (secondary N) is 1. The van der Waals surface area contributed by atoms with Crippen LogP contribution in [0.5, 0.6) is 5.75 Å². The normalized spacial score (nSPS) is 12.9. The number of benzene rings is 2. The monoisotopic (exact) mass is 355 g/mol. The Morgan fingerprint density at radius 1 is 1.08 bits per heavy atom. The van der Waals surface area contributed by atoms with E-state index in [0.29, 0.717) is 12.2 Å². The maximum atomic E-state index is 12.2. The molecule has 5 nitrogen and oxygen atoms in total. The van der Waals surface area contributed by atoms with Gasteiger partial charge < -0.3 is 15.2 Å². The van der Waals surface area contributed by atoms with Crippen LogP contribution < -0.4 is 10.1 Å². The zero-order valence-electron chi connectivity index (χ0n) is 15.6. The summed E-state index contributed by atoms with van der Waals surface area (Å²) in [5, 5.41) is 12.2. The third-order valence-corrected chi connectivity index (χ3v) is 4.26. The molecule has 0 aliphatic rings. The lowest BCUT2D eigenvalue weighted by Crippen LogP contribution is -2.40. The lowest BCUT2D eigenvalue weighted by Gasteiger charge is -2.24. The highest BCUT2D eigenvalue weighted by Gasteiger charge is 2.33. The van der Waals surface area contributed by atoms with Crippen molar-refractivity contribution in [1.29, 1.82) is 0 Å². The Bertz CT molecular complexity index is 778. The highest BCUT2D eigenvalue weighted by molar-refractivity contribution is 5.92. The maximum absolute atomic E-state index is 12.2. The minimum absolute atomic E-state index is 0.104. The summed E-state index contributed by atoms with van der Waals surface area (Å²) in [4.78, 5) is 23.5. The van der Waals surface area contributed by atoms with Gasteiger partial charge in [0.25, 0.3) is 0 Å². The first-order valence-corrected chi connectivity index (χ1v) is 8.61. The molecule has 1 atom stereocenters. The van der Waals surface area contributed by atoms with E-state index in [9.17, 15) is 14.7 Å². The van der Waals surface area contributed by atoms with Gasteiger partial charge in [0.1, 0.15) is 5.75 Å². The summed E-state index contributed by atoms with van der Waals surface area (Å²) in [7, 11) is 0. The van der Waals surface area contributed by atoms with Gasteiger partial charge in [0.2, 0.25) is 11.5 Å². The summed E-state index contributed by atoms with van der Waals surface area (Å²) in [5.74, 6) is -0.639. The summed E-state index contributed by atoms with van der Waals surface area (Å²) >= 11 is 0. The smallest absolute Gasteiger partial charge is 0.347 e. The van der Waals surface area contributed by atoms with Crippen LogP contribution in [0.3, 0.4) is 0 Å². The molecule has 2 aromatic rings. The number of carboxylic acids is 1. The zero-order chi connectivity index (χ0) is 19.3. The molecule has 0 fully saturated rings. The second kappa shape index (κ2) is 8.04. The third-order valence-electron chi connectivity index (χ3n) is 4.26. The lowest BCUT2D eigenvalue weighted by molar-refractivity contribution is -0.154. The molecule has 0 unspecified atom stereocenters. The summed E-state index contributed by atoms with van der Waals surface area (Å²) < 4.78 is 5.59. The number of carbonyl (C=O) groups is 2. The number of anilines is 1. The summed E-state index contributed by atoms with van der Waals surface area (Å²) in [6.45, 7) is 7.28. The van der Waals surface area contributed by atoms with Crippen LogP contribution in [0.25, 0.3) is 0 Å². The molecule has 0 saturated carbocycles. The van der Waals surface area contributed by atoms with Gasteiger partial charge in [-0.1, -0.05) is 25.1 Å². The number of amides is 1. The third kappa shape index (κ3) is 5.09. The summed E-state index contributed by atoms with van der Waals surface area (Å²) in [5.41, 5.74) is 2.54. The average Bonchev–Trinajstić information content (AvgIpc) is 2.55. The van der Waals surface area contributed by atoms with Crippen molar-refractivity contribution in [3.05, 3.63) is 59.2 Å². The van der Waals surface area contributed by atoms with Crippen molar-refractivity contribution in [3.63, 3.8) is 0 Å². The second-order valence-corrected chi connectivity index (χ2v) is 6.74. The zero-order valence-corrected chi connectivity index (χ0v) is 15.6. The Morgan fingerprint density at radius 2 is 1.65 bits per heavy atom. The number of aryl methyl sites for hydroxylation is 2. The van der Waals surface area contributed by atoms with Crippen LogP contribution in [0.4, 0.5) is 5.69 Å². The first-order valence-electron chi connectivity index (χ1n) is 8.61. The fourth-order valence-corrected chi connectivity index (χ4v) is 2.64. The van der Waals surface area contributed by atoms with Gasteiger partial charge in [-0.3, -0.25) is 4.79 Å². The lowest BCUT2D eigenvalue weighted by atomic mass is 10.0. The van der Waals surface area contributed by atoms with E-state index in [1.165, 1.54) is 0 Å². The van der Waals surface area contributed by atoms with E-state index in [2.05, 4.69) is 11.4 Å². The average molecular weight is 355 g/mol. The molecule has 26 heavy (non-hydrogen) atoms. The van der Waals surface area contributed by atoms with E-state index in [1.54, 1.807) is 38.1 Å². The Balaban J connectivity index is 2.00. The number of carboxylic acid groups (broad SMARTS) is 1. The van der Waals surface area contributed by atoms with Crippen molar-refractivity contribution >= 4 is 17.6 Å². The van der Waals surface area contributed by atoms with Gasteiger partial charge >= 0.3 is 5.97 Å². The fraction of sp³-hybridized carbons (Fsp3) is 0.333. The predicted molar refractivity (Wildman–Crippen MR) is 102 cm³/mol. The molecular weight excluding hydrogens is 330 g/mol. The predicted octanol–water partition coefficient (Wildman–Crippen LogP) is 4.12. The molecular formula is C21H25NO4. The van der Waals surface area contributed by atoms with E-state index in [-0.39, 0.29) is 12.3 Å². The maximum Gasteiger partial charge on any atom is 0.347 e. The molecule has 2 rings (SSSR count). The molecule has 0 aliphatic heterocycles. The van der Waals surface area contributed by atoms with Crippen molar-refractivity contribution in [2.24, 2.45) is 0 Å². The van der Waals surface area contributed by atoms with E-state index < -0.39 is 11.6 Å². The number of ether oxygens (including phenoxy) is 1. The Morgan fingerprint density at radius 3 is 2.15 bits per heavy atom. The number of hydrogen-bond acceptors (Lipinski definition) is 3. The molecule has 2 N–H and O–H groups in total.